The molecular formula is C34H29NO2S4. The fourth-order valence-corrected chi connectivity index (χ4v) is 8.49. The third-order valence-corrected chi connectivity index (χ3v) is 10.7. The molecule has 0 aliphatic heterocycles. The summed E-state index contributed by atoms with van der Waals surface area (Å²) in [5.74, 6) is -0.538. The minimum absolute atomic E-state index is 0.173. The molecule has 3 aromatic heterocycles. The van der Waals surface area contributed by atoms with Crippen LogP contribution in [-0.4, -0.2) is 17.8 Å². The van der Waals surface area contributed by atoms with Gasteiger partial charge < -0.3 is 0 Å². The van der Waals surface area contributed by atoms with E-state index in [0.29, 0.717) is 11.1 Å². The Hall–Kier alpha value is -3.49. The van der Waals surface area contributed by atoms with Crippen molar-refractivity contribution in [2.45, 2.75) is 20.3 Å². The Bertz CT molecular complexity index is 1710. The summed E-state index contributed by atoms with van der Waals surface area (Å²) in [4.78, 5) is 33.2. The van der Waals surface area contributed by atoms with Crippen LogP contribution in [-0.2, 0) is 9.59 Å². The van der Waals surface area contributed by atoms with E-state index in [-0.39, 0.29) is 17.1 Å². The number of carbonyl (C=O) groups excluding carboxylic acids is 2. The number of allylic oxidation sites excluding steroid dienone is 7. The van der Waals surface area contributed by atoms with E-state index in [0.717, 1.165) is 27.7 Å². The number of anilines is 3. The monoisotopic (exact) mass is 611 g/mol. The topological polar surface area (TPSA) is 37.4 Å². The zero-order valence-electron chi connectivity index (χ0n) is 23.0. The molecule has 1 aromatic carbocycles. The van der Waals surface area contributed by atoms with E-state index in [2.05, 4.69) is 72.5 Å². The third kappa shape index (κ3) is 5.95. The van der Waals surface area contributed by atoms with E-state index in [1.54, 1.807) is 64.0 Å². The highest BCUT2D eigenvalue weighted by molar-refractivity contribution is 8.07. The lowest BCUT2D eigenvalue weighted by atomic mass is 10.1. The van der Waals surface area contributed by atoms with E-state index < -0.39 is 0 Å². The summed E-state index contributed by atoms with van der Waals surface area (Å²) in [5, 5.41) is 4.35. The molecule has 0 radical (unpaired) electrons. The van der Waals surface area contributed by atoms with E-state index >= 15 is 0 Å². The van der Waals surface area contributed by atoms with Crippen molar-refractivity contribution < 1.29 is 9.59 Å². The van der Waals surface area contributed by atoms with Crippen LogP contribution in [0.25, 0.3) is 20.7 Å². The number of ketones is 2. The van der Waals surface area contributed by atoms with Crippen LogP contribution < -0.4 is 4.90 Å². The van der Waals surface area contributed by atoms with E-state index in [1.165, 1.54) is 25.6 Å². The summed E-state index contributed by atoms with van der Waals surface area (Å²) in [6, 6.07) is 21.0. The number of nitrogens with zero attached hydrogens (tertiary/aromatic N) is 1. The van der Waals surface area contributed by atoms with Gasteiger partial charge in [0.2, 0.25) is 0 Å². The van der Waals surface area contributed by atoms with Crippen molar-refractivity contribution in [3.8, 4) is 9.75 Å². The van der Waals surface area contributed by atoms with E-state index in [4.69, 9.17) is 0 Å². The maximum atomic E-state index is 13.0. The number of rotatable bonds is 10. The molecule has 3 nitrogen and oxygen atoms in total. The normalized spacial score (nSPS) is 15.1. The molecule has 1 aliphatic rings. The van der Waals surface area contributed by atoms with Crippen LogP contribution >= 0.6 is 45.8 Å². The van der Waals surface area contributed by atoms with Crippen molar-refractivity contribution in [2.75, 3.05) is 11.2 Å². The molecule has 0 spiro atoms. The van der Waals surface area contributed by atoms with Crippen LogP contribution in [0.5, 0.6) is 0 Å². The average molecular weight is 612 g/mol. The van der Waals surface area contributed by atoms with Crippen LogP contribution in [0.15, 0.2) is 114 Å². The number of Topliss-reactive ketones (excluding diaryl/α,β-unsaturated/α-hetero) is 2. The zero-order chi connectivity index (χ0) is 28.9. The fourth-order valence-electron chi connectivity index (χ4n) is 4.60. The molecule has 0 saturated heterocycles. The molecule has 3 heterocycles. The van der Waals surface area contributed by atoms with Crippen molar-refractivity contribution >= 4 is 84.0 Å². The first-order valence-corrected chi connectivity index (χ1v) is 16.9. The van der Waals surface area contributed by atoms with Crippen molar-refractivity contribution in [1.82, 2.24) is 0 Å². The van der Waals surface area contributed by atoms with Gasteiger partial charge in [0.15, 0.2) is 11.6 Å². The summed E-state index contributed by atoms with van der Waals surface area (Å²) in [7, 11) is 0. The highest BCUT2D eigenvalue weighted by atomic mass is 32.2. The molecule has 0 amide bonds. The molecule has 7 heteroatoms. The van der Waals surface area contributed by atoms with Crippen molar-refractivity contribution in [3.05, 3.63) is 124 Å². The first kappa shape index (κ1) is 29.0. The summed E-state index contributed by atoms with van der Waals surface area (Å²) < 4.78 is 0. The summed E-state index contributed by atoms with van der Waals surface area (Å²) in [6.45, 7) is 7.72. The van der Waals surface area contributed by atoms with Gasteiger partial charge in [-0.15, -0.1) is 45.8 Å². The molecule has 0 bridgehead atoms. The second-order valence-corrected chi connectivity index (χ2v) is 13.0. The Morgan fingerprint density at radius 2 is 1.66 bits per heavy atom. The van der Waals surface area contributed by atoms with Crippen LogP contribution in [0.3, 0.4) is 0 Å². The fraction of sp³-hybridized carbons (Fsp3) is 0.118. The van der Waals surface area contributed by atoms with Crippen LogP contribution in [0.1, 0.15) is 30.7 Å². The minimum atomic E-state index is -0.278. The molecule has 0 unspecified atom stereocenters. The lowest BCUT2D eigenvalue weighted by Crippen LogP contribution is -2.06. The summed E-state index contributed by atoms with van der Waals surface area (Å²) in [6.07, 6.45) is 12.0. The van der Waals surface area contributed by atoms with Gasteiger partial charge in [-0.2, -0.15) is 0 Å². The lowest BCUT2D eigenvalue weighted by molar-refractivity contribution is -0.115. The van der Waals surface area contributed by atoms with Gasteiger partial charge in [0.1, 0.15) is 10.0 Å². The molecular weight excluding hydrogens is 583 g/mol. The minimum Gasteiger partial charge on any atom is -0.293 e. The largest absolute Gasteiger partial charge is 0.293 e. The number of carbonyl (C=O) groups is 2. The number of hydrogen-bond donors (Lipinski definition) is 0. The van der Waals surface area contributed by atoms with Gasteiger partial charge in [-0.1, -0.05) is 56.0 Å². The second-order valence-electron chi connectivity index (χ2n) is 9.11. The van der Waals surface area contributed by atoms with Gasteiger partial charge in [0.05, 0.1) is 5.57 Å². The maximum Gasteiger partial charge on any atom is 0.197 e. The van der Waals surface area contributed by atoms with Crippen LogP contribution in [0.4, 0.5) is 15.7 Å². The molecule has 0 atom stereocenters. The molecule has 0 saturated carbocycles. The van der Waals surface area contributed by atoms with E-state index in [9.17, 15) is 9.59 Å². The van der Waals surface area contributed by atoms with E-state index in [1.807, 2.05) is 31.2 Å². The quantitative estimate of drug-likeness (QED) is 0.132. The molecule has 41 heavy (non-hydrogen) atoms. The number of benzene rings is 1. The Morgan fingerprint density at radius 3 is 2.32 bits per heavy atom. The molecule has 4 aromatic rings. The first-order valence-electron chi connectivity index (χ1n) is 13.2. The third-order valence-electron chi connectivity index (χ3n) is 6.51. The smallest absolute Gasteiger partial charge is 0.197 e. The number of thioether (sulfide) groups is 1. The van der Waals surface area contributed by atoms with Gasteiger partial charge in [-0.05, 0) is 79.1 Å². The second kappa shape index (κ2) is 13.0. The lowest BCUT2D eigenvalue weighted by Gasteiger charge is -2.22. The Labute approximate surface area is 257 Å². The van der Waals surface area contributed by atoms with Gasteiger partial charge in [-0.25, -0.2) is 0 Å². The first-order chi connectivity index (χ1) is 20.0. The average Bonchev–Trinajstić information content (AvgIpc) is 3.80. The molecule has 206 valence electrons. The highest BCUT2D eigenvalue weighted by Gasteiger charge is 2.32. The van der Waals surface area contributed by atoms with Crippen molar-refractivity contribution in [2.24, 2.45) is 0 Å². The van der Waals surface area contributed by atoms with Crippen LogP contribution in [0, 0.1) is 0 Å². The van der Waals surface area contributed by atoms with Gasteiger partial charge in [0.25, 0.3) is 0 Å². The maximum absolute atomic E-state index is 13.0. The molecule has 0 N–H and O–H groups in total. The SMILES string of the molecule is C=CC1=C(/C=C\C)C(=O)C(=Cc2ccc(N(c3ccc(/C(=C/CC)SC)s3)c3ccc(-c4cccs4)s3)cc2)C1=O. The molecule has 1 aliphatic carbocycles. The number of hydrogen-bond acceptors (Lipinski definition) is 7. The predicted octanol–water partition coefficient (Wildman–Crippen LogP) is 10.7. The van der Waals surface area contributed by atoms with Crippen molar-refractivity contribution in [3.63, 3.8) is 0 Å². The Kier molecular flexibility index (Phi) is 9.20. The van der Waals surface area contributed by atoms with Gasteiger partial charge in [0, 0.05) is 36.4 Å². The van der Waals surface area contributed by atoms with Gasteiger partial charge in [-0.3, -0.25) is 14.5 Å². The summed E-state index contributed by atoms with van der Waals surface area (Å²) in [5.41, 5.74) is 2.73. The standard InChI is InChI=1S/C34H29NO2S4/c1-5-9-25-24(7-3)33(36)26(34(25)37)21-22-12-14-23(15-13-22)35(31-18-16-29(40-31)27(38-4)10-6-2)32-19-17-30(41-32)28-11-8-20-39-28/h5,7-21H,3,6H2,1-2,4H3/b9-5-,26-21?,27-10-. The zero-order valence-corrected chi connectivity index (χ0v) is 26.3. The Balaban J connectivity index is 1.52. The van der Waals surface area contributed by atoms with Gasteiger partial charge >= 0.3 is 0 Å². The summed E-state index contributed by atoms with van der Waals surface area (Å²) >= 11 is 7.04. The Morgan fingerprint density at radius 1 is 0.927 bits per heavy atom. The molecule has 5 rings (SSSR count). The number of thiophene rings is 3. The van der Waals surface area contributed by atoms with Crippen molar-refractivity contribution in [1.29, 1.82) is 0 Å². The van der Waals surface area contributed by atoms with Crippen LogP contribution in [0.2, 0.25) is 0 Å². The highest BCUT2D eigenvalue weighted by Crippen LogP contribution is 2.46. The molecule has 0 fully saturated rings. The predicted molar refractivity (Wildman–Crippen MR) is 182 cm³/mol.